The van der Waals surface area contributed by atoms with Crippen molar-refractivity contribution in [2.45, 2.75) is 31.4 Å². The lowest BCUT2D eigenvalue weighted by molar-refractivity contribution is -0.114. The molecule has 0 unspecified atom stereocenters. The lowest BCUT2D eigenvalue weighted by Gasteiger charge is -2.38. The minimum Gasteiger partial charge on any atom is -0.493 e. The van der Waals surface area contributed by atoms with Crippen LogP contribution in [0.1, 0.15) is 25.3 Å². The number of carbonyl (C=O) groups is 1. The molecule has 0 aliphatic heterocycles. The zero-order valence-corrected chi connectivity index (χ0v) is 18.9. The molecule has 1 aliphatic carbocycles. The van der Waals surface area contributed by atoms with Crippen LogP contribution >= 0.6 is 0 Å². The van der Waals surface area contributed by atoms with Crippen LogP contribution in [0.2, 0.25) is 0 Å². The van der Waals surface area contributed by atoms with E-state index in [0.717, 1.165) is 0 Å². The Morgan fingerprint density at radius 2 is 1.85 bits per heavy atom. The van der Waals surface area contributed by atoms with Gasteiger partial charge in [-0.15, -0.1) is 0 Å². The van der Waals surface area contributed by atoms with Crippen LogP contribution in [0.3, 0.4) is 0 Å². The van der Waals surface area contributed by atoms with E-state index in [0.29, 0.717) is 34.9 Å². The molecule has 0 bridgehead atoms. The van der Waals surface area contributed by atoms with Crippen LogP contribution in [0, 0.1) is 5.82 Å². The van der Waals surface area contributed by atoms with Gasteiger partial charge in [0.2, 0.25) is 0 Å². The standard InChI is InChI=1S/C25H26FN5O3/c1-25(33)11-15(12-25)30-23(28)18(24(29)32)20(27)14-8-9-16-17(10-14)31-21(19(26)22(16)34-2)13-6-4-3-5-7-13/h3-10,15,33H,11-12,27H2,1-2H3,(H2,28,30)(H2,29,32)/b20-18+. The molecule has 1 aromatic heterocycles. The Hall–Kier alpha value is -3.98. The molecule has 1 fully saturated rings. The number of fused-ring (bicyclic) bond motifs is 1. The third-order valence-electron chi connectivity index (χ3n) is 5.89. The molecule has 1 heterocycles. The number of amides is 1. The van der Waals surface area contributed by atoms with Gasteiger partial charge in [-0.3, -0.25) is 9.79 Å². The third kappa shape index (κ3) is 4.29. The van der Waals surface area contributed by atoms with Crippen molar-refractivity contribution in [2.24, 2.45) is 22.2 Å². The summed E-state index contributed by atoms with van der Waals surface area (Å²) in [5, 5.41) is 10.4. The lowest BCUT2D eigenvalue weighted by Crippen LogP contribution is -2.44. The predicted molar refractivity (Wildman–Crippen MR) is 129 cm³/mol. The van der Waals surface area contributed by atoms with Gasteiger partial charge in [0.1, 0.15) is 17.1 Å². The van der Waals surface area contributed by atoms with Crippen LogP contribution in [0.4, 0.5) is 4.39 Å². The Balaban J connectivity index is 1.83. The molecule has 8 nitrogen and oxygen atoms in total. The number of hydrogen-bond acceptors (Lipinski definition) is 6. The first-order valence-corrected chi connectivity index (χ1v) is 10.7. The highest BCUT2D eigenvalue weighted by Crippen LogP contribution is 2.36. The van der Waals surface area contributed by atoms with E-state index in [1.807, 2.05) is 6.07 Å². The number of nitrogens with two attached hydrogens (primary N) is 3. The summed E-state index contributed by atoms with van der Waals surface area (Å²) in [7, 11) is 1.38. The van der Waals surface area contributed by atoms with Crippen LogP contribution in [0.5, 0.6) is 5.75 Å². The monoisotopic (exact) mass is 463 g/mol. The Kier molecular flexibility index (Phi) is 5.97. The fourth-order valence-corrected chi connectivity index (χ4v) is 4.22. The van der Waals surface area contributed by atoms with Crippen molar-refractivity contribution >= 4 is 28.3 Å². The summed E-state index contributed by atoms with van der Waals surface area (Å²) < 4.78 is 20.5. The summed E-state index contributed by atoms with van der Waals surface area (Å²) in [6, 6.07) is 13.5. The van der Waals surface area contributed by atoms with Crippen molar-refractivity contribution in [3.8, 4) is 17.0 Å². The summed E-state index contributed by atoms with van der Waals surface area (Å²) in [4.78, 5) is 21.0. The van der Waals surface area contributed by atoms with Crippen molar-refractivity contribution < 1.29 is 19.0 Å². The number of carbonyl (C=O) groups excluding carboxylic acids is 1. The lowest BCUT2D eigenvalue weighted by atomic mass is 9.77. The first-order valence-electron chi connectivity index (χ1n) is 10.7. The maximum absolute atomic E-state index is 15.2. The number of amidine groups is 1. The number of rotatable bonds is 6. The van der Waals surface area contributed by atoms with Crippen molar-refractivity contribution in [2.75, 3.05) is 7.11 Å². The van der Waals surface area contributed by atoms with E-state index in [-0.39, 0.29) is 34.6 Å². The number of hydrogen-bond donors (Lipinski definition) is 4. The molecule has 0 spiro atoms. The second kappa shape index (κ2) is 8.75. The minimum absolute atomic E-state index is 0.0214. The van der Waals surface area contributed by atoms with Gasteiger partial charge < -0.3 is 27.0 Å². The molecule has 4 rings (SSSR count). The van der Waals surface area contributed by atoms with Gasteiger partial charge in [-0.25, -0.2) is 9.37 Å². The zero-order chi connectivity index (χ0) is 24.6. The summed E-state index contributed by atoms with van der Waals surface area (Å²) in [6.07, 6.45) is 0.848. The smallest absolute Gasteiger partial charge is 0.254 e. The van der Waals surface area contributed by atoms with Crippen LogP contribution in [-0.4, -0.2) is 40.6 Å². The number of halogens is 1. The van der Waals surface area contributed by atoms with Gasteiger partial charge in [0.25, 0.3) is 5.91 Å². The van der Waals surface area contributed by atoms with E-state index in [2.05, 4.69) is 9.98 Å². The number of aliphatic imine (C=N–C) groups is 1. The van der Waals surface area contributed by atoms with Crippen molar-refractivity contribution in [3.05, 3.63) is 65.5 Å². The molecule has 3 aromatic rings. The maximum Gasteiger partial charge on any atom is 0.254 e. The van der Waals surface area contributed by atoms with E-state index in [4.69, 9.17) is 21.9 Å². The molecule has 34 heavy (non-hydrogen) atoms. The maximum atomic E-state index is 15.2. The van der Waals surface area contributed by atoms with Gasteiger partial charge >= 0.3 is 0 Å². The number of methoxy groups -OCH3 is 1. The van der Waals surface area contributed by atoms with E-state index < -0.39 is 17.3 Å². The average molecular weight is 464 g/mol. The topological polar surface area (TPSA) is 150 Å². The van der Waals surface area contributed by atoms with Gasteiger partial charge in [0.15, 0.2) is 11.6 Å². The summed E-state index contributed by atoms with van der Waals surface area (Å²) in [5.74, 6) is -1.46. The van der Waals surface area contributed by atoms with Crippen LogP contribution in [0.25, 0.3) is 27.9 Å². The highest BCUT2D eigenvalue weighted by molar-refractivity contribution is 6.24. The number of aromatic nitrogens is 1. The molecule has 0 radical (unpaired) electrons. The van der Waals surface area contributed by atoms with Crippen LogP contribution in [0.15, 0.2) is 59.1 Å². The zero-order valence-electron chi connectivity index (χ0n) is 18.9. The SMILES string of the molecule is COc1c(F)c(-c2ccccc2)nc2cc(/C(N)=C(\C(N)=O)C(N)=NC3CC(C)(O)C3)ccc12. The van der Waals surface area contributed by atoms with Gasteiger partial charge in [-0.2, -0.15) is 0 Å². The largest absolute Gasteiger partial charge is 0.493 e. The molecule has 9 heteroatoms. The summed E-state index contributed by atoms with van der Waals surface area (Å²) >= 11 is 0. The normalized spacial score (nSPS) is 21.1. The molecule has 0 saturated heterocycles. The number of benzene rings is 2. The van der Waals surface area contributed by atoms with Crippen LogP contribution in [-0.2, 0) is 4.79 Å². The fourth-order valence-electron chi connectivity index (χ4n) is 4.22. The molecule has 176 valence electrons. The molecule has 1 amide bonds. The van der Waals surface area contributed by atoms with Gasteiger partial charge in [0, 0.05) is 16.5 Å². The van der Waals surface area contributed by atoms with Gasteiger partial charge in [0.05, 0.1) is 30.0 Å². The number of primary amides is 1. The fraction of sp³-hybridized carbons (Fsp3) is 0.240. The first-order chi connectivity index (χ1) is 16.1. The number of aliphatic hydroxyl groups is 1. The molecule has 7 N–H and O–H groups in total. The molecule has 2 aromatic carbocycles. The van der Waals surface area contributed by atoms with Crippen molar-refractivity contribution in [1.29, 1.82) is 0 Å². The molecule has 1 aliphatic rings. The minimum atomic E-state index is -0.834. The Labute approximate surface area is 195 Å². The second-order valence-electron chi connectivity index (χ2n) is 8.63. The number of pyridine rings is 1. The Morgan fingerprint density at radius 3 is 2.44 bits per heavy atom. The Bertz CT molecular complexity index is 1330. The van der Waals surface area contributed by atoms with Crippen molar-refractivity contribution in [3.63, 3.8) is 0 Å². The molecular formula is C25H26FN5O3. The third-order valence-corrected chi connectivity index (χ3v) is 5.89. The second-order valence-corrected chi connectivity index (χ2v) is 8.63. The Morgan fingerprint density at radius 1 is 1.18 bits per heavy atom. The van der Waals surface area contributed by atoms with E-state index >= 15 is 4.39 Å². The number of ether oxygens (including phenoxy) is 1. The quantitative estimate of drug-likeness (QED) is 0.251. The molecule has 1 saturated carbocycles. The molecule has 0 atom stereocenters. The predicted octanol–water partition coefficient (Wildman–Crippen LogP) is 2.48. The summed E-state index contributed by atoms with van der Waals surface area (Å²) in [6.45, 7) is 1.71. The van der Waals surface area contributed by atoms with E-state index in [1.54, 1.807) is 49.4 Å². The van der Waals surface area contributed by atoms with E-state index in [9.17, 15) is 9.90 Å². The number of nitrogens with zero attached hydrogens (tertiary/aromatic N) is 2. The van der Waals surface area contributed by atoms with Gasteiger partial charge in [-0.05, 0) is 31.9 Å². The highest BCUT2D eigenvalue weighted by Gasteiger charge is 2.38. The van der Waals surface area contributed by atoms with Gasteiger partial charge in [-0.1, -0.05) is 36.4 Å². The highest BCUT2D eigenvalue weighted by atomic mass is 19.1. The van der Waals surface area contributed by atoms with Crippen molar-refractivity contribution in [1.82, 2.24) is 4.98 Å². The summed E-state index contributed by atoms with van der Waals surface area (Å²) in [5.41, 5.74) is 18.6. The van der Waals surface area contributed by atoms with E-state index in [1.165, 1.54) is 7.11 Å². The first kappa shape index (κ1) is 23.2. The average Bonchev–Trinajstić information content (AvgIpc) is 2.77. The molecular weight excluding hydrogens is 437 g/mol. The van der Waals surface area contributed by atoms with Crippen LogP contribution < -0.4 is 21.9 Å².